The molecule has 5 rings (SSSR count). The fraction of sp³-hybridized carbons (Fsp3) is 0. The van der Waals surface area contributed by atoms with Crippen molar-refractivity contribution in [1.29, 1.82) is 0 Å². The van der Waals surface area contributed by atoms with Crippen molar-refractivity contribution < 1.29 is 24.0 Å². The number of benzene rings is 3. The molecule has 0 atom stereocenters. The van der Waals surface area contributed by atoms with Crippen LogP contribution in [0.2, 0.25) is 15.1 Å². The lowest BCUT2D eigenvalue weighted by Crippen LogP contribution is -2.08. The van der Waals surface area contributed by atoms with Crippen molar-refractivity contribution in [3.05, 3.63) is 106 Å². The molecule has 0 fully saturated rings. The van der Waals surface area contributed by atoms with Crippen LogP contribution in [0, 0.1) is 10.1 Å². The van der Waals surface area contributed by atoms with E-state index in [0.717, 1.165) is 11.3 Å². The number of nitro benzene ring substituents is 1. The molecule has 0 unspecified atom stereocenters. The molecule has 1 aromatic heterocycles. The second-order valence-electron chi connectivity index (χ2n) is 7.71. The summed E-state index contributed by atoms with van der Waals surface area (Å²) in [7, 11) is 0. The number of ether oxygens (including phenoxy) is 2. The Morgan fingerprint density at radius 1 is 1.11 bits per heavy atom. The van der Waals surface area contributed by atoms with Gasteiger partial charge in [-0.05, 0) is 48.5 Å². The van der Waals surface area contributed by atoms with Gasteiger partial charge in [-0.3, -0.25) is 10.1 Å². The van der Waals surface area contributed by atoms with Gasteiger partial charge in [-0.1, -0.05) is 50.7 Å². The van der Waals surface area contributed by atoms with Crippen molar-refractivity contribution in [2.75, 3.05) is 0 Å². The van der Waals surface area contributed by atoms with Crippen LogP contribution in [-0.4, -0.2) is 22.8 Å². The number of halogens is 4. The van der Waals surface area contributed by atoms with Gasteiger partial charge in [-0.2, -0.15) is 0 Å². The van der Waals surface area contributed by atoms with Gasteiger partial charge in [0.15, 0.2) is 5.70 Å². The average molecular weight is 653 g/mol. The smallest absolute Gasteiger partial charge is 0.363 e. The van der Waals surface area contributed by atoms with Crippen molar-refractivity contribution in [3.63, 3.8) is 0 Å². The van der Waals surface area contributed by atoms with E-state index in [1.54, 1.807) is 24.3 Å². The van der Waals surface area contributed by atoms with E-state index in [4.69, 9.17) is 44.3 Å². The zero-order valence-corrected chi connectivity index (χ0v) is 23.2. The predicted octanol–water partition coefficient (Wildman–Crippen LogP) is 8.10. The van der Waals surface area contributed by atoms with E-state index in [0.29, 0.717) is 30.7 Å². The number of thiophene rings is 1. The molecule has 0 saturated heterocycles. The van der Waals surface area contributed by atoms with Crippen LogP contribution >= 0.6 is 62.1 Å². The number of carbonyl (C=O) groups is 2. The highest BCUT2D eigenvalue weighted by Gasteiger charge is 2.27. The van der Waals surface area contributed by atoms with Gasteiger partial charge >= 0.3 is 11.9 Å². The summed E-state index contributed by atoms with van der Waals surface area (Å²) in [5, 5.41) is 12.4. The van der Waals surface area contributed by atoms with E-state index in [-0.39, 0.29) is 38.0 Å². The minimum absolute atomic E-state index is 0.00242. The van der Waals surface area contributed by atoms with Gasteiger partial charge in [0.2, 0.25) is 5.90 Å². The van der Waals surface area contributed by atoms with Crippen LogP contribution in [-0.2, 0) is 9.53 Å². The van der Waals surface area contributed by atoms with Gasteiger partial charge in [-0.15, -0.1) is 11.3 Å². The third kappa shape index (κ3) is 5.18. The third-order valence-electron chi connectivity index (χ3n) is 5.26. The van der Waals surface area contributed by atoms with Gasteiger partial charge in [0.1, 0.15) is 10.6 Å². The number of aliphatic imine (C=N–C) groups is 1. The van der Waals surface area contributed by atoms with Crippen molar-refractivity contribution >= 4 is 102 Å². The first-order chi connectivity index (χ1) is 18.1. The molecule has 0 N–H and O–H groups in total. The maximum Gasteiger partial charge on any atom is 0.363 e. The summed E-state index contributed by atoms with van der Waals surface area (Å²) in [6, 6.07) is 13.6. The average Bonchev–Trinajstić information content (AvgIpc) is 3.39. The number of cyclic esters (lactones) is 1. The number of non-ortho nitro benzene ring substituents is 1. The number of hydrogen-bond acceptors (Lipinski definition) is 8. The minimum Gasteiger partial charge on any atom is -0.422 e. The van der Waals surface area contributed by atoms with Crippen molar-refractivity contribution in [3.8, 4) is 5.75 Å². The van der Waals surface area contributed by atoms with E-state index < -0.39 is 16.9 Å². The highest BCUT2D eigenvalue weighted by Crippen LogP contribution is 2.38. The highest BCUT2D eigenvalue weighted by molar-refractivity contribution is 9.10. The first-order valence-electron chi connectivity index (χ1n) is 10.5. The van der Waals surface area contributed by atoms with Gasteiger partial charge in [-0.25, -0.2) is 14.6 Å². The molecule has 38 heavy (non-hydrogen) atoms. The fourth-order valence-electron chi connectivity index (χ4n) is 3.50. The lowest BCUT2D eigenvalue weighted by Gasteiger charge is -2.08. The predicted molar refractivity (Wildman–Crippen MR) is 150 cm³/mol. The summed E-state index contributed by atoms with van der Waals surface area (Å²) in [4.78, 5) is 40.5. The molecule has 190 valence electrons. The van der Waals surface area contributed by atoms with Gasteiger partial charge in [0.25, 0.3) is 5.69 Å². The summed E-state index contributed by atoms with van der Waals surface area (Å²) in [6.07, 6.45) is 1.41. The van der Waals surface area contributed by atoms with Crippen LogP contribution in [0.25, 0.3) is 16.2 Å². The molecule has 4 aromatic rings. The van der Waals surface area contributed by atoms with E-state index in [1.807, 2.05) is 0 Å². The van der Waals surface area contributed by atoms with Crippen LogP contribution in [0.15, 0.2) is 69.8 Å². The molecule has 1 aliphatic rings. The number of carbonyl (C=O) groups excluding carboxylic acids is 2. The molecule has 0 bridgehead atoms. The van der Waals surface area contributed by atoms with Crippen LogP contribution < -0.4 is 4.74 Å². The fourth-order valence-corrected chi connectivity index (χ4v) is 5.79. The summed E-state index contributed by atoms with van der Waals surface area (Å²) in [5.74, 6) is -1.38. The number of nitrogens with zero attached hydrogens (tertiary/aromatic N) is 2. The molecule has 0 spiro atoms. The second-order valence-corrected chi connectivity index (χ2v) is 10.9. The van der Waals surface area contributed by atoms with Crippen LogP contribution in [0.4, 0.5) is 5.69 Å². The molecule has 2 heterocycles. The Morgan fingerprint density at radius 2 is 1.89 bits per heavy atom. The van der Waals surface area contributed by atoms with Gasteiger partial charge < -0.3 is 9.47 Å². The number of nitro groups is 1. The Labute approximate surface area is 241 Å². The number of fused-ring (bicyclic) bond motifs is 1. The lowest BCUT2D eigenvalue weighted by molar-refractivity contribution is -0.384. The molecule has 8 nitrogen and oxygen atoms in total. The Morgan fingerprint density at radius 3 is 2.63 bits per heavy atom. The summed E-state index contributed by atoms with van der Waals surface area (Å²) >= 11 is 22.9. The molecule has 13 heteroatoms. The molecular formula is C25H10BrCl3N2O6S. The number of esters is 2. The minimum atomic E-state index is -0.771. The zero-order chi connectivity index (χ0) is 27.1. The lowest BCUT2D eigenvalue weighted by atomic mass is 10.1. The summed E-state index contributed by atoms with van der Waals surface area (Å²) in [6.45, 7) is 0. The monoisotopic (exact) mass is 650 g/mol. The van der Waals surface area contributed by atoms with Crippen LogP contribution in [0.3, 0.4) is 0 Å². The van der Waals surface area contributed by atoms with Crippen molar-refractivity contribution in [1.82, 2.24) is 0 Å². The van der Waals surface area contributed by atoms with Gasteiger partial charge in [0, 0.05) is 37.3 Å². The molecule has 0 radical (unpaired) electrons. The van der Waals surface area contributed by atoms with E-state index in [2.05, 4.69) is 20.9 Å². The molecule has 0 amide bonds. The molecule has 3 aromatic carbocycles. The molecule has 0 aliphatic carbocycles. The van der Waals surface area contributed by atoms with E-state index in [9.17, 15) is 19.7 Å². The van der Waals surface area contributed by atoms with Gasteiger partial charge in [0.05, 0.1) is 20.5 Å². The van der Waals surface area contributed by atoms with E-state index >= 15 is 0 Å². The quantitative estimate of drug-likeness (QED) is 0.0709. The SMILES string of the molecule is O=C1OC(c2ccc(Cl)cc2Cl)=N/C1=C/c1cc(Br)ccc1OC(=O)c1sc2cc([N+](=O)[O-])ccc2c1Cl. The second kappa shape index (κ2) is 10.5. The maximum atomic E-state index is 13.1. The third-order valence-corrected chi connectivity index (χ3v) is 7.94. The number of hydrogen-bond donors (Lipinski definition) is 0. The van der Waals surface area contributed by atoms with E-state index in [1.165, 1.54) is 36.4 Å². The van der Waals surface area contributed by atoms with Crippen molar-refractivity contribution in [2.24, 2.45) is 4.99 Å². The zero-order valence-electron chi connectivity index (χ0n) is 18.5. The Kier molecular flexibility index (Phi) is 7.26. The van der Waals surface area contributed by atoms with Crippen LogP contribution in [0.1, 0.15) is 20.8 Å². The molecule has 0 saturated carbocycles. The standard InChI is InChI=1S/C25H10BrCl3N2O6S/c26-12-1-6-19(36-25(33)22-21(29)16-5-3-14(31(34)35)10-20(16)38-22)11(7-12)8-18-24(32)37-23(30-18)15-4-2-13(27)9-17(15)28/h1-10H/b18-8+. The Balaban J connectivity index is 1.48. The van der Waals surface area contributed by atoms with Crippen molar-refractivity contribution in [2.45, 2.75) is 0 Å². The summed E-state index contributed by atoms with van der Waals surface area (Å²) < 4.78 is 12.0. The maximum absolute atomic E-state index is 13.1. The molecule has 1 aliphatic heterocycles. The number of rotatable bonds is 5. The first-order valence-corrected chi connectivity index (χ1v) is 13.2. The normalized spacial score (nSPS) is 14.1. The largest absolute Gasteiger partial charge is 0.422 e. The van der Waals surface area contributed by atoms with Crippen LogP contribution in [0.5, 0.6) is 5.75 Å². The topological polar surface area (TPSA) is 108 Å². The highest BCUT2D eigenvalue weighted by atomic mass is 79.9. The Bertz CT molecular complexity index is 1750. The molecular weight excluding hydrogens is 643 g/mol. The first kappa shape index (κ1) is 26.3. The summed E-state index contributed by atoms with van der Waals surface area (Å²) in [5.41, 5.74) is 0.558. The Hall–Kier alpha value is -3.28.